The molecule has 0 saturated heterocycles. The molecular formula is C11H6ClNO. The molecule has 3 aromatic rings. The third-order valence-corrected chi connectivity index (χ3v) is 2.51. The first-order chi connectivity index (χ1) is 6.86. The molecule has 3 rings (SSSR count). The van der Waals surface area contributed by atoms with Gasteiger partial charge in [0.2, 0.25) is 0 Å². The number of benzene rings is 1. The van der Waals surface area contributed by atoms with Crippen LogP contribution in [0.3, 0.4) is 0 Å². The molecule has 2 aromatic heterocycles. The lowest BCUT2D eigenvalue weighted by atomic mass is 10.2. The van der Waals surface area contributed by atoms with Gasteiger partial charge in [-0.1, -0.05) is 23.7 Å². The summed E-state index contributed by atoms with van der Waals surface area (Å²) in [5.74, 6) is 0. The summed E-state index contributed by atoms with van der Waals surface area (Å²) in [6.45, 7) is 0. The SMILES string of the molecule is Clc1ccnc2c1oc1ccccc12. The van der Waals surface area contributed by atoms with Crippen molar-refractivity contribution in [2.45, 2.75) is 0 Å². The van der Waals surface area contributed by atoms with Crippen LogP contribution in [-0.4, -0.2) is 4.98 Å². The van der Waals surface area contributed by atoms with E-state index in [9.17, 15) is 0 Å². The fourth-order valence-corrected chi connectivity index (χ4v) is 1.76. The third kappa shape index (κ3) is 0.946. The van der Waals surface area contributed by atoms with Gasteiger partial charge in [-0.05, 0) is 18.2 Å². The van der Waals surface area contributed by atoms with Crippen LogP contribution < -0.4 is 0 Å². The third-order valence-electron chi connectivity index (χ3n) is 2.21. The molecule has 0 spiro atoms. The molecule has 0 saturated carbocycles. The average molecular weight is 204 g/mol. The van der Waals surface area contributed by atoms with Gasteiger partial charge in [-0.3, -0.25) is 4.98 Å². The zero-order valence-electron chi connectivity index (χ0n) is 7.20. The fraction of sp³-hybridized carbons (Fsp3) is 0. The average Bonchev–Trinajstić information content (AvgIpc) is 2.59. The van der Waals surface area contributed by atoms with Gasteiger partial charge in [-0.2, -0.15) is 0 Å². The topological polar surface area (TPSA) is 26.0 Å². The number of aromatic nitrogens is 1. The first-order valence-corrected chi connectivity index (χ1v) is 4.66. The van der Waals surface area contributed by atoms with Crippen molar-refractivity contribution in [3.63, 3.8) is 0 Å². The molecule has 14 heavy (non-hydrogen) atoms. The van der Waals surface area contributed by atoms with Crippen molar-refractivity contribution in [2.75, 3.05) is 0 Å². The second-order valence-electron chi connectivity index (χ2n) is 3.07. The van der Waals surface area contributed by atoms with Crippen molar-refractivity contribution in [1.82, 2.24) is 4.98 Å². The lowest BCUT2D eigenvalue weighted by Gasteiger charge is -1.88. The summed E-state index contributed by atoms with van der Waals surface area (Å²) < 4.78 is 5.59. The molecule has 0 aliphatic rings. The molecule has 2 nitrogen and oxygen atoms in total. The molecule has 0 atom stereocenters. The summed E-state index contributed by atoms with van der Waals surface area (Å²) in [5, 5.41) is 1.61. The van der Waals surface area contributed by atoms with Crippen LogP contribution >= 0.6 is 11.6 Å². The number of pyridine rings is 1. The van der Waals surface area contributed by atoms with E-state index in [2.05, 4.69) is 4.98 Å². The number of nitrogens with zero attached hydrogens (tertiary/aromatic N) is 1. The summed E-state index contributed by atoms with van der Waals surface area (Å²) in [4.78, 5) is 4.25. The van der Waals surface area contributed by atoms with Gasteiger partial charge in [0.25, 0.3) is 0 Å². The van der Waals surface area contributed by atoms with E-state index in [0.29, 0.717) is 10.6 Å². The Morgan fingerprint density at radius 3 is 2.93 bits per heavy atom. The second kappa shape index (κ2) is 2.72. The highest BCUT2D eigenvalue weighted by Gasteiger charge is 2.09. The zero-order valence-corrected chi connectivity index (χ0v) is 7.95. The number of para-hydroxylation sites is 1. The van der Waals surface area contributed by atoms with Gasteiger partial charge in [0.15, 0.2) is 5.58 Å². The highest BCUT2D eigenvalue weighted by Crippen LogP contribution is 2.30. The van der Waals surface area contributed by atoms with Crippen LogP contribution in [0.5, 0.6) is 0 Å². The lowest BCUT2D eigenvalue weighted by molar-refractivity contribution is 0.668. The number of hydrogen-bond acceptors (Lipinski definition) is 2. The summed E-state index contributed by atoms with van der Waals surface area (Å²) in [6, 6.07) is 9.50. The molecular weight excluding hydrogens is 198 g/mol. The highest BCUT2D eigenvalue weighted by atomic mass is 35.5. The number of furan rings is 1. The second-order valence-corrected chi connectivity index (χ2v) is 3.48. The van der Waals surface area contributed by atoms with Crippen LogP contribution in [0.15, 0.2) is 40.9 Å². The van der Waals surface area contributed by atoms with Gasteiger partial charge in [0.1, 0.15) is 11.1 Å². The van der Waals surface area contributed by atoms with Gasteiger partial charge in [-0.15, -0.1) is 0 Å². The Bertz CT molecular complexity index is 615. The van der Waals surface area contributed by atoms with Crippen molar-refractivity contribution in [1.29, 1.82) is 0 Å². The number of fused-ring (bicyclic) bond motifs is 3. The largest absolute Gasteiger partial charge is 0.453 e. The molecule has 0 fully saturated rings. The summed E-state index contributed by atoms with van der Waals surface area (Å²) in [7, 11) is 0. The molecule has 0 unspecified atom stereocenters. The zero-order chi connectivity index (χ0) is 9.54. The lowest BCUT2D eigenvalue weighted by Crippen LogP contribution is -1.72. The maximum absolute atomic E-state index is 5.99. The monoisotopic (exact) mass is 203 g/mol. The molecule has 0 radical (unpaired) electrons. The highest BCUT2D eigenvalue weighted by molar-refractivity contribution is 6.35. The van der Waals surface area contributed by atoms with E-state index in [4.69, 9.17) is 16.0 Å². The predicted molar refractivity (Wildman–Crippen MR) is 56.5 cm³/mol. The van der Waals surface area contributed by atoms with Crippen LogP contribution in [0.4, 0.5) is 0 Å². The summed E-state index contributed by atoms with van der Waals surface area (Å²) in [6.07, 6.45) is 1.69. The molecule has 0 N–H and O–H groups in total. The van der Waals surface area contributed by atoms with Crippen molar-refractivity contribution in [2.24, 2.45) is 0 Å². The first-order valence-electron chi connectivity index (χ1n) is 4.28. The summed E-state index contributed by atoms with van der Waals surface area (Å²) >= 11 is 5.99. The van der Waals surface area contributed by atoms with Crippen molar-refractivity contribution in [3.8, 4) is 0 Å². The molecule has 0 aliphatic carbocycles. The quantitative estimate of drug-likeness (QED) is 0.558. The minimum atomic E-state index is 0.603. The van der Waals surface area contributed by atoms with Crippen molar-refractivity contribution >= 4 is 33.7 Å². The minimum Gasteiger partial charge on any atom is -0.453 e. The number of rotatable bonds is 0. The molecule has 68 valence electrons. The van der Waals surface area contributed by atoms with Crippen LogP contribution in [0, 0.1) is 0 Å². The summed E-state index contributed by atoms with van der Waals surface area (Å²) in [5.41, 5.74) is 2.31. The Balaban J connectivity index is 2.63. The molecule has 0 bridgehead atoms. The van der Waals surface area contributed by atoms with E-state index < -0.39 is 0 Å². The van der Waals surface area contributed by atoms with Gasteiger partial charge >= 0.3 is 0 Å². The van der Waals surface area contributed by atoms with E-state index in [1.54, 1.807) is 12.3 Å². The normalized spacial score (nSPS) is 11.2. The van der Waals surface area contributed by atoms with E-state index in [0.717, 1.165) is 16.5 Å². The fourth-order valence-electron chi connectivity index (χ4n) is 1.57. The number of halogens is 1. The maximum Gasteiger partial charge on any atom is 0.172 e. The number of hydrogen-bond donors (Lipinski definition) is 0. The van der Waals surface area contributed by atoms with E-state index in [-0.39, 0.29) is 0 Å². The predicted octanol–water partition coefficient (Wildman–Crippen LogP) is 3.63. The van der Waals surface area contributed by atoms with Crippen molar-refractivity contribution in [3.05, 3.63) is 41.6 Å². The van der Waals surface area contributed by atoms with E-state index in [1.165, 1.54) is 0 Å². The Morgan fingerprint density at radius 1 is 1.14 bits per heavy atom. The first kappa shape index (κ1) is 7.83. The standard InChI is InChI=1S/C11H6ClNO/c12-8-5-6-13-10-7-3-1-2-4-9(7)14-11(8)10/h1-6H. The van der Waals surface area contributed by atoms with Gasteiger partial charge in [-0.25, -0.2) is 0 Å². The molecule has 2 heterocycles. The smallest absolute Gasteiger partial charge is 0.172 e. The maximum atomic E-state index is 5.99. The van der Waals surface area contributed by atoms with Gasteiger partial charge in [0, 0.05) is 11.6 Å². The van der Waals surface area contributed by atoms with Crippen LogP contribution in [0.2, 0.25) is 5.02 Å². The molecule has 0 amide bonds. The Morgan fingerprint density at radius 2 is 2.00 bits per heavy atom. The van der Waals surface area contributed by atoms with E-state index >= 15 is 0 Å². The van der Waals surface area contributed by atoms with Crippen LogP contribution in [-0.2, 0) is 0 Å². The molecule has 3 heteroatoms. The minimum absolute atomic E-state index is 0.603. The van der Waals surface area contributed by atoms with E-state index in [1.807, 2.05) is 24.3 Å². The van der Waals surface area contributed by atoms with Gasteiger partial charge in [0.05, 0.1) is 5.02 Å². The van der Waals surface area contributed by atoms with Crippen molar-refractivity contribution < 1.29 is 4.42 Å². The molecule has 0 aliphatic heterocycles. The molecule has 1 aromatic carbocycles. The van der Waals surface area contributed by atoms with Crippen LogP contribution in [0.1, 0.15) is 0 Å². The Labute approximate surface area is 85.1 Å². The van der Waals surface area contributed by atoms with Gasteiger partial charge < -0.3 is 4.42 Å². The Hall–Kier alpha value is -1.54. The Kier molecular flexibility index (Phi) is 1.52. The van der Waals surface area contributed by atoms with Crippen LogP contribution in [0.25, 0.3) is 22.1 Å².